The van der Waals surface area contributed by atoms with Crippen molar-refractivity contribution in [2.45, 2.75) is 32.4 Å². The second kappa shape index (κ2) is 5.41. The lowest BCUT2D eigenvalue weighted by Crippen LogP contribution is -2.34. The molecule has 1 N–H and O–H groups in total. The van der Waals surface area contributed by atoms with Crippen LogP contribution < -0.4 is 5.32 Å². The van der Waals surface area contributed by atoms with Gasteiger partial charge in [-0.1, -0.05) is 6.07 Å². The summed E-state index contributed by atoms with van der Waals surface area (Å²) in [5, 5.41) is 3.50. The van der Waals surface area contributed by atoms with Crippen molar-refractivity contribution in [1.82, 2.24) is 5.32 Å². The lowest BCUT2D eigenvalue weighted by molar-refractivity contribution is 0.0776. The number of halogens is 1. The fourth-order valence-corrected chi connectivity index (χ4v) is 2.01. The second-order valence-electron chi connectivity index (χ2n) is 4.34. The predicted octanol–water partition coefficient (Wildman–Crippen LogP) is 2.40. The molecule has 2 nitrogen and oxygen atoms in total. The van der Waals surface area contributed by atoms with Gasteiger partial charge < -0.3 is 10.1 Å². The normalized spacial score (nSPS) is 17.6. The zero-order valence-electron chi connectivity index (χ0n) is 9.63. The number of ether oxygens (including phenoxy) is 1. The molecule has 0 atom stereocenters. The first kappa shape index (κ1) is 11.6. The molecule has 0 saturated carbocycles. The molecule has 0 bridgehead atoms. The van der Waals surface area contributed by atoms with E-state index >= 15 is 0 Å². The maximum Gasteiger partial charge on any atom is 0.123 e. The monoisotopic (exact) mass is 223 g/mol. The van der Waals surface area contributed by atoms with Crippen molar-refractivity contribution < 1.29 is 9.13 Å². The molecule has 1 heterocycles. The molecule has 88 valence electrons. The number of hydrogen-bond acceptors (Lipinski definition) is 2. The average molecular weight is 223 g/mol. The summed E-state index contributed by atoms with van der Waals surface area (Å²) in [6, 6.07) is 5.50. The fraction of sp³-hybridized carbons (Fsp3) is 0.538. The standard InChI is InChI=1S/C13H18FNO/c1-10-8-12(14)3-2-11(10)9-15-13-4-6-16-7-5-13/h2-3,8,13,15H,4-7,9H2,1H3. The molecular weight excluding hydrogens is 205 g/mol. The SMILES string of the molecule is Cc1cc(F)ccc1CNC1CCOCC1. The molecular formula is C13H18FNO. The molecule has 0 radical (unpaired) electrons. The van der Waals surface area contributed by atoms with Crippen LogP contribution in [0.1, 0.15) is 24.0 Å². The van der Waals surface area contributed by atoms with Crippen LogP contribution in [0.15, 0.2) is 18.2 Å². The lowest BCUT2D eigenvalue weighted by Gasteiger charge is -2.23. The van der Waals surface area contributed by atoms with E-state index in [-0.39, 0.29) is 5.82 Å². The average Bonchev–Trinajstić information content (AvgIpc) is 2.29. The molecule has 1 aliphatic rings. The van der Waals surface area contributed by atoms with Crippen LogP contribution in [0.2, 0.25) is 0 Å². The Morgan fingerprint density at radius 1 is 1.38 bits per heavy atom. The largest absolute Gasteiger partial charge is 0.381 e. The highest BCUT2D eigenvalue weighted by molar-refractivity contribution is 5.26. The smallest absolute Gasteiger partial charge is 0.123 e. The summed E-state index contributed by atoms with van der Waals surface area (Å²) in [5.41, 5.74) is 2.19. The molecule has 1 aliphatic heterocycles. The second-order valence-corrected chi connectivity index (χ2v) is 4.34. The highest BCUT2D eigenvalue weighted by Gasteiger charge is 2.13. The van der Waals surface area contributed by atoms with Gasteiger partial charge in [0, 0.05) is 25.8 Å². The molecule has 1 saturated heterocycles. The first-order valence-electron chi connectivity index (χ1n) is 5.82. The molecule has 1 aromatic rings. The minimum absolute atomic E-state index is 0.160. The minimum Gasteiger partial charge on any atom is -0.381 e. The first-order chi connectivity index (χ1) is 7.75. The summed E-state index contributed by atoms with van der Waals surface area (Å²) in [6.45, 7) is 4.46. The van der Waals surface area contributed by atoms with E-state index < -0.39 is 0 Å². The lowest BCUT2D eigenvalue weighted by atomic mass is 10.1. The molecule has 0 aliphatic carbocycles. The van der Waals surface area contributed by atoms with Gasteiger partial charge >= 0.3 is 0 Å². The van der Waals surface area contributed by atoms with Crippen molar-refractivity contribution in [2.75, 3.05) is 13.2 Å². The van der Waals surface area contributed by atoms with Crippen LogP contribution in [0.5, 0.6) is 0 Å². The molecule has 0 spiro atoms. The number of nitrogens with one attached hydrogen (secondary N) is 1. The highest BCUT2D eigenvalue weighted by Crippen LogP contribution is 2.12. The highest BCUT2D eigenvalue weighted by atomic mass is 19.1. The summed E-state index contributed by atoms with van der Waals surface area (Å²) in [7, 11) is 0. The van der Waals surface area contributed by atoms with Crippen molar-refractivity contribution in [3.8, 4) is 0 Å². The van der Waals surface area contributed by atoms with Crippen molar-refractivity contribution in [2.24, 2.45) is 0 Å². The van der Waals surface area contributed by atoms with Crippen LogP contribution in [0, 0.1) is 12.7 Å². The minimum atomic E-state index is -0.160. The Hall–Kier alpha value is -0.930. The van der Waals surface area contributed by atoms with E-state index in [1.165, 1.54) is 11.6 Å². The van der Waals surface area contributed by atoms with Gasteiger partial charge in [0.1, 0.15) is 5.82 Å². The zero-order chi connectivity index (χ0) is 11.4. The van der Waals surface area contributed by atoms with E-state index in [0.29, 0.717) is 6.04 Å². The number of aryl methyl sites for hydroxylation is 1. The third-order valence-electron chi connectivity index (χ3n) is 3.11. The summed E-state index contributed by atoms with van der Waals surface area (Å²) >= 11 is 0. The van der Waals surface area contributed by atoms with E-state index in [1.807, 2.05) is 13.0 Å². The summed E-state index contributed by atoms with van der Waals surface area (Å²) in [5.74, 6) is -0.160. The molecule has 0 aromatic heterocycles. The van der Waals surface area contributed by atoms with Crippen LogP contribution in [-0.4, -0.2) is 19.3 Å². The topological polar surface area (TPSA) is 21.3 Å². The van der Waals surface area contributed by atoms with Crippen LogP contribution in [0.25, 0.3) is 0 Å². The number of rotatable bonds is 3. The third kappa shape index (κ3) is 3.03. The molecule has 0 unspecified atom stereocenters. The Morgan fingerprint density at radius 3 is 2.81 bits per heavy atom. The third-order valence-corrected chi connectivity index (χ3v) is 3.11. The molecule has 1 fully saturated rings. The maximum absolute atomic E-state index is 12.9. The van der Waals surface area contributed by atoms with E-state index in [9.17, 15) is 4.39 Å². The Kier molecular flexibility index (Phi) is 3.91. The van der Waals surface area contributed by atoms with E-state index in [2.05, 4.69) is 5.32 Å². The summed E-state index contributed by atoms with van der Waals surface area (Å²) in [6.07, 6.45) is 2.14. The first-order valence-corrected chi connectivity index (χ1v) is 5.82. The van der Waals surface area contributed by atoms with Crippen molar-refractivity contribution in [1.29, 1.82) is 0 Å². The van der Waals surface area contributed by atoms with Gasteiger partial charge in [0.05, 0.1) is 0 Å². The van der Waals surface area contributed by atoms with Crippen molar-refractivity contribution in [3.63, 3.8) is 0 Å². The Balaban J connectivity index is 1.88. The van der Waals surface area contributed by atoms with Crippen molar-refractivity contribution >= 4 is 0 Å². The van der Waals surface area contributed by atoms with E-state index in [1.54, 1.807) is 6.07 Å². The van der Waals surface area contributed by atoms with E-state index in [0.717, 1.165) is 38.2 Å². The molecule has 3 heteroatoms. The number of benzene rings is 1. The van der Waals surface area contributed by atoms with Gasteiger partial charge in [0.25, 0.3) is 0 Å². The Bertz CT molecular complexity index is 348. The summed E-state index contributed by atoms with van der Waals surface area (Å²) < 4.78 is 18.2. The fourth-order valence-electron chi connectivity index (χ4n) is 2.01. The quantitative estimate of drug-likeness (QED) is 0.849. The Morgan fingerprint density at radius 2 is 2.12 bits per heavy atom. The van der Waals surface area contributed by atoms with Gasteiger partial charge in [0.2, 0.25) is 0 Å². The van der Waals surface area contributed by atoms with Crippen LogP contribution in [0.4, 0.5) is 4.39 Å². The van der Waals surface area contributed by atoms with Gasteiger partial charge in [-0.3, -0.25) is 0 Å². The maximum atomic E-state index is 12.9. The van der Waals surface area contributed by atoms with Crippen molar-refractivity contribution in [3.05, 3.63) is 35.1 Å². The van der Waals surface area contributed by atoms with Gasteiger partial charge in [-0.2, -0.15) is 0 Å². The van der Waals surface area contributed by atoms with Crippen LogP contribution in [0.3, 0.4) is 0 Å². The van der Waals surface area contributed by atoms with Gasteiger partial charge in [-0.25, -0.2) is 4.39 Å². The Labute approximate surface area is 95.8 Å². The van der Waals surface area contributed by atoms with E-state index in [4.69, 9.17) is 4.74 Å². The van der Waals surface area contributed by atoms with Gasteiger partial charge in [0.15, 0.2) is 0 Å². The number of hydrogen-bond donors (Lipinski definition) is 1. The molecule has 2 rings (SSSR count). The molecule has 16 heavy (non-hydrogen) atoms. The zero-order valence-corrected chi connectivity index (χ0v) is 9.63. The summed E-state index contributed by atoms with van der Waals surface area (Å²) in [4.78, 5) is 0. The van der Waals surface area contributed by atoms with Gasteiger partial charge in [-0.15, -0.1) is 0 Å². The molecule has 0 amide bonds. The van der Waals surface area contributed by atoms with Gasteiger partial charge in [-0.05, 0) is 43.0 Å². The van der Waals surface area contributed by atoms with Crippen LogP contribution >= 0.6 is 0 Å². The molecule has 1 aromatic carbocycles. The van der Waals surface area contributed by atoms with Crippen LogP contribution in [-0.2, 0) is 11.3 Å². The predicted molar refractivity (Wildman–Crippen MR) is 61.8 cm³/mol.